The Morgan fingerprint density at radius 1 is 1.26 bits per heavy atom. The Labute approximate surface area is 120 Å². The van der Waals surface area contributed by atoms with E-state index in [1.807, 2.05) is 0 Å². The van der Waals surface area contributed by atoms with Gasteiger partial charge in [-0.3, -0.25) is 4.79 Å². The lowest BCUT2D eigenvalue weighted by atomic mass is 10.2. The Morgan fingerprint density at radius 3 is 2.68 bits per heavy atom. The molecule has 104 valence electrons. The van der Waals surface area contributed by atoms with E-state index in [1.54, 1.807) is 23.1 Å². The molecule has 5 nitrogen and oxygen atoms in total. The van der Waals surface area contributed by atoms with Crippen molar-refractivity contribution in [3.05, 3.63) is 28.2 Å². The number of hydrogen-bond donors (Lipinski definition) is 1. The summed E-state index contributed by atoms with van der Waals surface area (Å²) in [6, 6.07) is 4.98. The normalized spacial score (nSPS) is 18.9. The molecule has 1 saturated heterocycles. The minimum atomic E-state index is -3.01. The van der Waals surface area contributed by atoms with Crippen molar-refractivity contribution in [2.45, 2.75) is 6.42 Å². The lowest BCUT2D eigenvalue weighted by Crippen LogP contribution is -2.33. The van der Waals surface area contributed by atoms with Crippen LogP contribution >= 0.6 is 15.9 Å². The molecule has 1 aliphatic heterocycles. The van der Waals surface area contributed by atoms with E-state index in [4.69, 9.17) is 5.73 Å². The molecule has 0 spiro atoms. The molecule has 0 bridgehead atoms. The number of halogens is 1. The van der Waals surface area contributed by atoms with Gasteiger partial charge in [0.05, 0.1) is 11.5 Å². The van der Waals surface area contributed by atoms with Gasteiger partial charge in [0.2, 0.25) is 0 Å². The Morgan fingerprint density at radius 2 is 2.00 bits per heavy atom. The highest BCUT2D eigenvalue weighted by Gasteiger charge is 2.23. The lowest BCUT2D eigenvalue weighted by Gasteiger charge is -2.20. The van der Waals surface area contributed by atoms with E-state index in [2.05, 4.69) is 15.9 Å². The number of nitrogen functional groups attached to an aromatic ring is 1. The van der Waals surface area contributed by atoms with Gasteiger partial charge in [-0.25, -0.2) is 8.42 Å². The third-order valence-corrected chi connectivity index (χ3v) is 5.49. The molecule has 1 heterocycles. The minimum Gasteiger partial charge on any atom is -0.398 e. The Bertz CT molecular complexity index is 601. The highest BCUT2D eigenvalue weighted by atomic mass is 79.9. The zero-order valence-electron chi connectivity index (χ0n) is 10.3. The number of carbonyl (C=O) groups excluding carboxylic acids is 1. The first-order valence-corrected chi connectivity index (χ1v) is 8.55. The SMILES string of the molecule is Nc1ccc(C(=O)N2CCCS(=O)(=O)CC2)cc1Br. The van der Waals surface area contributed by atoms with Gasteiger partial charge < -0.3 is 10.6 Å². The van der Waals surface area contributed by atoms with Crippen LogP contribution in [0.3, 0.4) is 0 Å². The molecule has 0 aliphatic carbocycles. The summed E-state index contributed by atoms with van der Waals surface area (Å²) in [5.74, 6) is 0.0367. The number of sulfone groups is 1. The fourth-order valence-electron chi connectivity index (χ4n) is 1.98. The fraction of sp³-hybridized carbons (Fsp3) is 0.417. The average Bonchev–Trinajstić information content (AvgIpc) is 2.53. The predicted molar refractivity (Wildman–Crippen MR) is 77.7 cm³/mol. The highest BCUT2D eigenvalue weighted by Crippen LogP contribution is 2.21. The van der Waals surface area contributed by atoms with Crippen molar-refractivity contribution >= 4 is 37.4 Å². The molecule has 1 amide bonds. The summed E-state index contributed by atoms with van der Waals surface area (Å²) in [6.07, 6.45) is 0.490. The largest absolute Gasteiger partial charge is 0.398 e. The van der Waals surface area contributed by atoms with E-state index in [0.717, 1.165) is 0 Å². The first-order valence-electron chi connectivity index (χ1n) is 5.94. The smallest absolute Gasteiger partial charge is 0.253 e. The number of rotatable bonds is 1. The van der Waals surface area contributed by atoms with Gasteiger partial charge in [0.15, 0.2) is 9.84 Å². The summed E-state index contributed by atoms with van der Waals surface area (Å²) in [7, 11) is -3.01. The van der Waals surface area contributed by atoms with Crippen molar-refractivity contribution in [1.29, 1.82) is 0 Å². The number of hydrogen-bond acceptors (Lipinski definition) is 4. The maximum Gasteiger partial charge on any atom is 0.253 e. The second-order valence-corrected chi connectivity index (χ2v) is 7.69. The van der Waals surface area contributed by atoms with Crippen molar-refractivity contribution < 1.29 is 13.2 Å². The molecule has 2 rings (SSSR count). The maximum atomic E-state index is 12.3. The van der Waals surface area contributed by atoms with E-state index in [-0.39, 0.29) is 24.0 Å². The number of carbonyl (C=O) groups is 1. The van der Waals surface area contributed by atoms with Gasteiger partial charge in [-0.05, 0) is 40.5 Å². The number of benzene rings is 1. The molecular weight excluding hydrogens is 332 g/mol. The highest BCUT2D eigenvalue weighted by molar-refractivity contribution is 9.10. The van der Waals surface area contributed by atoms with E-state index >= 15 is 0 Å². The van der Waals surface area contributed by atoms with Crippen molar-refractivity contribution in [2.24, 2.45) is 0 Å². The third-order valence-electron chi connectivity index (χ3n) is 3.09. The summed E-state index contributed by atoms with van der Waals surface area (Å²) >= 11 is 3.28. The standard InChI is InChI=1S/C12H15BrN2O3S/c13-10-8-9(2-3-11(10)14)12(16)15-4-1-6-19(17,18)7-5-15/h2-3,8H,1,4-7,14H2. The number of nitrogens with two attached hydrogens (primary N) is 1. The second-order valence-electron chi connectivity index (χ2n) is 4.53. The van der Waals surface area contributed by atoms with Crippen LogP contribution in [0.4, 0.5) is 5.69 Å². The fourth-order valence-corrected chi connectivity index (χ4v) is 3.63. The molecule has 0 radical (unpaired) electrons. The monoisotopic (exact) mass is 346 g/mol. The van der Waals surface area contributed by atoms with Gasteiger partial charge >= 0.3 is 0 Å². The summed E-state index contributed by atoms with van der Waals surface area (Å²) in [5, 5.41) is 0. The van der Waals surface area contributed by atoms with Crippen molar-refractivity contribution in [3.8, 4) is 0 Å². The van der Waals surface area contributed by atoms with Crippen LogP contribution in [0.25, 0.3) is 0 Å². The van der Waals surface area contributed by atoms with E-state index in [0.29, 0.717) is 28.7 Å². The topological polar surface area (TPSA) is 80.5 Å². The molecule has 0 saturated carbocycles. The van der Waals surface area contributed by atoms with Crippen molar-refractivity contribution in [1.82, 2.24) is 4.90 Å². The molecule has 0 aromatic heterocycles. The van der Waals surface area contributed by atoms with Crippen LogP contribution in [-0.4, -0.2) is 43.8 Å². The number of nitrogens with zero attached hydrogens (tertiary/aromatic N) is 1. The summed E-state index contributed by atoms with van der Waals surface area (Å²) in [6.45, 7) is 0.725. The Hall–Kier alpha value is -1.08. The molecular formula is C12H15BrN2O3S. The molecule has 19 heavy (non-hydrogen) atoms. The maximum absolute atomic E-state index is 12.3. The van der Waals surface area contributed by atoms with Crippen LogP contribution in [-0.2, 0) is 9.84 Å². The third kappa shape index (κ3) is 3.48. The van der Waals surface area contributed by atoms with Gasteiger partial charge in [0.25, 0.3) is 5.91 Å². The summed E-state index contributed by atoms with van der Waals surface area (Å²) in [4.78, 5) is 13.9. The van der Waals surface area contributed by atoms with Crippen LogP contribution < -0.4 is 5.73 Å². The van der Waals surface area contributed by atoms with E-state index in [1.165, 1.54) is 0 Å². The van der Waals surface area contributed by atoms with E-state index in [9.17, 15) is 13.2 Å². The van der Waals surface area contributed by atoms with Gasteiger partial charge in [-0.2, -0.15) is 0 Å². The molecule has 1 aromatic rings. The van der Waals surface area contributed by atoms with Gasteiger partial charge in [-0.1, -0.05) is 0 Å². The first kappa shape index (κ1) is 14.3. The zero-order chi connectivity index (χ0) is 14.0. The molecule has 1 aromatic carbocycles. The molecule has 2 N–H and O–H groups in total. The van der Waals surface area contributed by atoms with Crippen LogP contribution in [0.5, 0.6) is 0 Å². The average molecular weight is 347 g/mol. The Balaban J connectivity index is 2.17. The summed E-state index contributed by atoms with van der Waals surface area (Å²) < 4.78 is 23.7. The van der Waals surface area contributed by atoms with Gasteiger partial charge in [0, 0.05) is 28.8 Å². The van der Waals surface area contributed by atoms with Crippen molar-refractivity contribution in [3.63, 3.8) is 0 Å². The number of anilines is 1. The van der Waals surface area contributed by atoms with Crippen LogP contribution in [0.2, 0.25) is 0 Å². The van der Waals surface area contributed by atoms with Crippen molar-refractivity contribution in [2.75, 3.05) is 30.3 Å². The quantitative estimate of drug-likeness (QED) is 0.777. The second kappa shape index (κ2) is 5.50. The van der Waals surface area contributed by atoms with Gasteiger partial charge in [0.1, 0.15) is 0 Å². The van der Waals surface area contributed by atoms with Crippen LogP contribution in [0.1, 0.15) is 16.8 Å². The summed E-state index contributed by atoms with van der Waals surface area (Å²) in [5.41, 5.74) is 6.76. The molecule has 7 heteroatoms. The minimum absolute atomic E-state index is 0.0366. The molecule has 1 aliphatic rings. The molecule has 1 fully saturated rings. The lowest BCUT2D eigenvalue weighted by molar-refractivity contribution is 0.0768. The van der Waals surface area contributed by atoms with Crippen LogP contribution in [0.15, 0.2) is 22.7 Å². The zero-order valence-corrected chi connectivity index (χ0v) is 12.7. The van der Waals surface area contributed by atoms with Crippen LogP contribution in [0, 0.1) is 0 Å². The molecule has 0 atom stereocenters. The molecule has 0 unspecified atom stereocenters. The Kier molecular flexibility index (Phi) is 4.15. The predicted octanol–water partition coefficient (Wildman–Crippen LogP) is 1.29. The first-order chi connectivity index (χ1) is 8.89. The number of amides is 1. The van der Waals surface area contributed by atoms with E-state index < -0.39 is 9.84 Å². The van der Waals surface area contributed by atoms with Gasteiger partial charge in [-0.15, -0.1) is 0 Å².